The number of carbonyl (C=O) groups is 5. The van der Waals surface area contributed by atoms with E-state index >= 15 is 0 Å². The molecule has 0 saturated heterocycles. The monoisotopic (exact) mass is 546 g/mol. The molecule has 2 unspecified atom stereocenters. The Morgan fingerprint density at radius 2 is 1.88 bits per heavy atom. The zero-order valence-corrected chi connectivity index (χ0v) is 23.0. The second kappa shape index (κ2) is 10.1. The second-order valence-electron chi connectivity index (χ2n) is 11.7. The van der Waals surface area contributed by atoms with Crippen molar-refractivity contribution in [1.29, 1.82) is 0 Å². The second-order valence-corrected chi connectivity index (χ2v) is 11.7. The first-order chi connectivity index (χ1) is 18.9. The summed E-state index contributed by atoms with van der Waals surface area (Å²) in [6, 6.07) is 0.666. The van der Waals surface area contributed by atoms with Crippen LogP contribution in [0, 0.1) is 35.5 Å². The van der Waals surface area contributed by atoms with Gasteiger partial charge in [-0.3, -0.25) is 28.9 Å². The molecule has 0 spiro atoms. The summed E-state index contributed by atoms with van der Waals surface area (Å²) in [4.78, 5) is 68.2. The van der Waals surface area contributed by atoms with Crippen molar-refractivity contribution in [3.63, 3.8) is 0 Å². The molecule has 4 aliphatic rings. The maximum Gasteiger partial charge on any atom is 0.235 e. The third kappa shape index (κ3) is 4.04. The van der Waals surface area contributed by atoms with Gasteiger partial charge in [0.1, 0.15) is 5.75 Å². The Morgan fingerprint density at radius 3 is 2.48 bits per heavy atom. The van der Waals surface area contributed by atoms with Gasteiger partial charge in [0.15, 0.2) is 34.7 Å². The van der Waals surface area contributed by atoms with E-state index in [1.54, 1.807) is 20.2 Å². The Bertz CT molecular complexity index is 1450. The summed E-state index contributed by atoms with van der Waals surface area (Å²) in [5.74, 6) is -4.33. The van der Waals surface area contributed by atoms with Crippen molar-refractivity contribution in [2.45, 2.75) is 63.5 Å². The average molecular weight is 547 g/mol. The average Bonchev–Trinajstić information content (AvgIpc) is 2.90. The van der Waals surface area contributed by atoms with Crippen LogP contribution in [0.4, 0.5) is 0 Å². The Labute approximate surface area is 232 Å². The van der Waals surface area contributed by atoms with Gasteiger partial charge in [-0.25, -0.2) is 0 Å². The van der Waals surface area contributed by atoms with Gasteiger partial charge in [-0.05, 0) is 87.7 Å². The van der Waals surface area contributed by atoms with Crippen LogP contribution in [0.1, 0.15) is 66.1 Å². The van der Waals surface area contributed by atoms with Crippen molar-refractivity contribution in [2.75, 3.05) is 14.1 Å². The standard InChI is InChI=1S/C31H34N2O7/c1-4-16-12-17(11-10-15-8-6-5-7-9-15)25(34)22-19(16)13-18-14-20-24(33(2)3)27(36)23(30(32)39)29(38)31(20,40)28(37)21(18)26(22)35/h8,12,18,20-21,23-24,34,40H,4-7,9,13-14H2,1-3H3,(H2,32,39)/t18-,20-,21?,23?,24-,31-/m1/s1. The van der Waals surface area contributed by atoms with E-state index in [1.807, 2.05) is 6.92 Å². The summed E-state index contributed by atoms with van der Waals surface area (Å²) in [5.41, 5.74) is 5.34. The Morgan fingerprint density at radius 1 is 1.15 bits per heavy atom. The molecule has 1 aromatic carbocycles. The maximum atomic E-state index is 14.0. The number of allylic oxidation sites excluding steroid dienone is 2. The van der Waals surface area contributed by atoms with Gasteiger partial charge in [0, 0.05) is 5.92 Å². The number of carbonyl (C=O) groups excluding carboxylic acids is 5. The number of aliphatic hydroxyl groups is 1. The molecule has 1 amide bonds. The van der Waals surface area contributed by atoms with Crippen LogP contribution in [0.3, 0.4) is 0 Å². The van der Waals surface area contributed by atoms with Crippen LogP contribution in [-0.4, -0.2) is 69.9 Å². The van der Waals surface area contributed by atoms with E-state index in [2.05, 4.69) is 17.9 Å². The molecular weight excluding hydrogens is 512 g/mol. The number of rotatable bonds is 3. The molecule has 9 nitrogen and oxygen atoms in total. The molecule has 2 fully saturated rings. The number of benzene rings is 1. The number of amides is 1. The molecule has 0 aromatic heterocycles. The molecule has 4 N–H and O–H groups in total. The molecule has 0 aliphatic heterocycles. The number of fused-ring (bicyclic) bond motifs is 3. The van der Waals surface area contributed by atoms with Gasteiger partial charge in [0.25, 0.3) is 0 Å². The molecule has 4 aliphatic carbocycles. The minimum atomic E-state index is -2.73. The lowest BCUT2D eigenvalue weighted by molar-refractivity contribution is -0.181. The molecule has 2 saturated carbocycles. The molecule has 210 valence electrons. The topological polar surface area (TPSA) is 155 Å². The normalized spacial score (nSPS) is 31.5. The van der Waals surface area contributed by atoms with Gasteiger partial charge >= 0.3 is 0 Å². The fourth-order valence-electron chi connectivity index (χ4n) is 7.26. The lowest BCUT2D eigenvalue weighted by Crippen LogP contribution is -2.74. The van der Waals surface area contributed by atoms with Crippen LogP contribution in [-0.2, 0) is 32.0 Å². The number of hydrogen-bond donors (Lipinski definition) is 3. The highest BCUT2D eigenvalue weighted by atomic mass is 16.3. The fourth-order valence-corrected chi connectivity index (χ4v) is 7.26. The van der Waals surface area contributed by atoms with Crippen molar-refractivity contribution in [3.05, 3.63) is 40.0 Å². The van der Waals surface area contributed by atoms with Crippen molar-refractivity contribution in [2.24, 2.45) is 29.4 Å². The number of phenolic OH excluding ortho intramolecular Hbond substituents is 1. The minimum Gasteiger partial charge on any atom is -0.506 e. The number of aryl methyl sites for hydroxylation is 1. The zero-order valence-electron chi connectivity index (χ0n) is 23.0. The maximum absolute atomic E-state index is 14.0. The number of primary amides is 1. The third-order valence-electron chi connectivity index (χ3n) is 9.18. The van der Waals surface area contributed by atoms with Crippen LogP contribution in [0.2, 0.25) is 0 Å². The predicted octanol–water partition coefficient (Wildman–Crippen LogP) is 1.28. The smallest absolute Gasteiger partial charge is 0.235 e. The van der Waals surface area contributed by atoms with Crippen LogP contribution in [0.15, 0.2) is 17.7 Å². The Balaban J connectivity index is 1.61. The van der Waals surface area contributed by atoms with Gasteiger partial charge in [-0.15, -0.1) is 0 Å². The summed E-state index contributed by atoms with van der Waals surface area (Å²) in [6.45, 7) is 1.93. The van der Waals surface area contributed by atoms with Gasteiger partial charge in [-0.2, -0.15) is 0 Å². The molecule has 0 radical (unpaired) electrons. The highest BCUT2D eigenvalue weighted by molar-refractivity contribution is 6.32. The molecule has 1 aromatic rings. The summed E-state index contributed by atoms with van der Waals surface area (Å²) >= 11 is 0. The van der Waals surface area contributed by atoms with Crippen molar-refractivity contribution in [1.82, 2.24) is 4.90 Å². The number of nitrogens with two attached hydrogens (primary N) is 1. The molecule has 40 heavy (non-hydrogen) atoms. The van der Waals surface area contributed by atoms with E-state index in [1.165, 1.54) is 4.90 Å². The summed E-state index contributed by atoms with van der Waals surface area (Å²) in [7, 11) is 3.13. The number of Topliss-reactive ketones (excluding diaryl/α,β-unsaturated/α-hetero) is 4. The highest BCUT2D eigenvalue weighted by Gasteiger charge is 2.69. The van der Waals surface area contributed by atoms with Crippen LogP contribution < -0.4 is 5.73 Å². The SMILES string of the molecule is CCc1cc(C#CC2=CCCCC2)c(O)c2c1C[C@@H]1C[C@@H]3[C@@H](N(C)C)C(=O)C(C(N)=O)C(=O)[C@]3(O)C(=O)C1C2=O. The lowest BCUT2D eigenvalue weighted by atomic mass is 9.52. The Kier molecular flexibility index (Phi) is 7.05. The number of ketones is 4. The molecule has 5 rings (SSSR count). The van der Waals surface area contributed by atoms with E-state index in [-0.39, 0.29) is 29.7 Å². The van der Waals surface area contributed by atoms with Gasteiger partial charge in [-0.1, -0.05) is 24.8 Å². The van der Waals surface area contributed by atoms with E-state index in [4.69, 9.17) is 5.73 Å². The largest absolute Gasteiger partial charge is 0.506 e. The van der Waals surface area contributed by atoms with Gasteiger partial charge in [0.05, 0.1) is 23.1 Å². The number of phenols is 1. The first-order valence-corrected chi connectivity index (χ1v) is 13.9. The number of nitrogens with zero attached hydrogens (tertiary/aromatic N) is 1. The first kappa shape index (κ1) is 27.9. The van der Waals surface area contributed by atoms with Gasteiger partial charge < -0.3 is 15.9 Å². The molecule has 9 heteroatoms. The third-order valence-corrected chi connectivity index (χ3v) is 9.18. The first-order valence-electron chi connectivity index (χ1n) is 13.9. The summed E-state index contributed by atoms with van der Waals surface area (Å²) < 4.78 is 0. The van der Waals surface area contributed by atoms with Crippen LogP contribution in [0.25, 0.3) is 0 Å². The highest BCUT2D eigenvalue weighted by Crippen LogP contribution is 2.51. The predicted molar refractivity (Wildman–Crippen MR) is 144 cm³/mol. The Hall–Kier alpha value is -3.61. The van der Waals surface area contributed by atoms with E-state index in [0.717, 1.165) is 36.8 Å². The number of likely N-dealkylation sites (N-methyl/N-ethyl adjacent to an activating group) is 1. The van der Waals surface area contributed by atoms with E-state index < -0.39 is 64.4 Å². The van der Waals surface area contributed by atoms with Gasteiger partial charge in [0.2, 0.25) is 5.91 Å². The van der Waals surface area contributed by atoms with Crippen molar-refractivity contribution in [3.8, 4) is 17.6 Å². The molecular formula is C31H34N2O7. The zero-order chi connectivity index (χ0) is 29.1. The van der Waals surface area contributed by atoms with Crippen molar-refractivity contribution < 1.29 is 34.2 Å². The van der Waals surface area contributed by atoms with E-state index in [0.29, 0.717) is 12.0 Å². The van der Waals surface area contributed by atoms with Crippen LogP contribution in [0.5, 0.6) is 5.75 Å². The van der Waals surface area contributed by atoms with Crippen molar-refractivity contribution >= 4 is 29.0 Å². The van der Waals surface area contributed by atoms with Crippen LogP contribution >= 0.6 is 0 Å². The molecule has 0 heterocycles. The quantitative estimate of drug-likeness (QED) is 0.378. The number of aromatic hydroxyl groups is 1. The van der Waals surface area contributed by atoms with E-state index in [9.17, 15) is 34.2 Å². The summed E-state index contributed by atoms with van der Waals surface area (Å²) in [5, 5.41) is 23.0. The number of hydrogen-bond acceptors (Lipinski definition) is 8. The molecule has 6 atom stereocenters. The lowest BCUT2D eigenvalue weighted by Gasteiger charge is -2.52. The fraction of sp³-hybridized carbons (Fsp3) is 0.516. The minimum absolute atomic E-state index is 0.00660. The summed E-state index contributed by atoms with van der Waals surface area (Å²) in [6.07, 6.45) is 6.87. The molecule has 0 bridgehead atoms.